The summed E-state index contributed by atoms with van der Waals surface area (Å²) in [5.74, 6) is -4.12. The van der Waals surface area contributed by atoms with E-state index in [9.17, 15) is 18.8 Å². The van der Waals surface area contributed by atoms with E-state index in [1.807, 2.05) is 0 Å². The average Bonchev–Trinajstić information content (AvgIpc) is 2.35. The Bertz CT molecular complexity index is 549. The topological polar surface area (TPSA) is 104 Å². The van der Waals surface area contributed by atoms with Gasteiger partial charge in [0.25, 0.3) is 5.91 Å². The van der Waals surface area contributed by atoms with Gasteiger partial charge < -0.3 is 19.8 Å². The van der Waals surface area contributed by atoms with Crippen molar-refractivity contribution in [2.45, 2.75) is 0 Å². The maximum atomic E-state index is 12.8. The Balaban J connectivity index is 2.68. The van der Waals surface area contributed by atoms with Gasteiger partial charge in [-0.25, -0.2) is 4.39 Å². The molecule has 2 N–H and O–H groups in total. The van der Waals surface area contributed by atoms with Crippen LogP contribution in [0.15, 0.2) is 18.2 Å². The highest BCUT2D eigenvalue weighted by Gasteiger charge is 2.20. The van der Waals surface area contributed by atoms with E-state index in [2.05, 4.69) is 0 Å². The second kappa shape index (κ2) is 7.44. The summed E-state index contributed by atoms with van der Waals surface area (Å²) < 4.78 is 17.8. The zero-order valence-corrected chi connectivity index (χ0v) is 11.3. The summed E-state index contributed by atoms with van der Waals surface area (Å²) in [6.45, 7) is -2.16. The number of amides is 1. The van der Waals surface area contributed by atoms with Crippen molar-refractivity contribution in [3.63, 3.8) is 0 Å². The van der Waals surface area contributed by atoms with Crippen LogP contribution in [0.5, 0.6) is 5.75 Å². The van der Waals surface area contributed by atoms with E-state index >= 15 is 0 Å². The second-order valence-electron chi connectivity index (χ2n) is 3.90. The van der Waals surface area contributed by atoms with Crippen molar-refractivity contribution in [2.75, 3.05) is 19.7 Å². The van der Waals surface area contributed by atoms with E-state index in [1.165, 1.54) is 6.07 Å². The molecule has 0 aromatic heterocycles. The lowest BCUT2D eigenvalue weighted by Gasteiger charge is -2.18. The van der Waals surface area contributed by atoms with Crippen LogP contribution in [0.1, 0.15) is 0 Å². The normalized spacial score (nSPS) is 10.0. The van der Waals surface area contributed by atoms with Crippen molar-refractivity contribution in [1.82, 2.24) is 4.90 Å². The Kier molecular flexibility index (Phi) is 5.92. The standard InChI is InChI=1S/C12H11ClFNO6/c13-8-3-7(14)1-2-9(8)21-6-10(16)15(4-11(17)18)5-12(19)20/h1-3H,4-6H2,(H,17,18)(H,19,20). The lowest BCUT2D eigenvalue weighted by molar-refractivity contribution is -0.150. The molecule has 0 aliphatic heterocycles. The predicted octanol–water partition coefficient (Wildman–Crippen LogP) is 0.856. The smallest absolute Gasteiger partial charge is 0.323 e. The van der Waals surface area contributed by atoms with E-state index in [0.717, 1.165) is 12.1 Å². The number of ether oxygens (including phenoxy) is 1. The number of halogens is 2. The van der Waals surface area contributed by atoms with E-state index in [1.54, 1.807) is 0 Å². The van der Waals surface area contributed by atoms with Gasteiger partial charge in [-0.3, -0.25) is 14.4 Å². The van der Waals surface area contributed by atoms with Crippen molar-refractivity contribution in [3.05, 3.63) is 29.0 Å². The number of nitrogens with zero attached hydrogens (tertiary/aromatic N) is 1. The Morgan fingerprint density at radius 1 is 1.19 bits per heavy atom. The number of hydrogen-bond donors (Lipinski definition) is 2. The molecule has 0 radical (unpaired) electrons. The quantitative estimate of drug-likeness (QED) is 0.772. The Labute approximate surface area is 123 Å². The molecule has 0 unspecified atom stereocenters. The van der Waals surface area contributed by atoms with Crippen molar-refractivity contribution in [3.8, 4) is 5.75 Å². The van der Waals surface area contributed by atoms with E-state index in [0.29, 0.717) is 4.90 Å². The molecule has 0 aliphatic rings. The van der Waals surface area contributed by atoms with Gasteiger partial charge in [0.1, 0.15) is 24.7 Å². The van der Waals surface area contributed by atoms with Gasteiger partial charge in [0, 0.05) is 0 Å². The Morgan fingerprint density at radius 2 is 1.76 bits per heavy atom. The maximum Gasteiger partial charge on any atom is 0.323 e. The minimum absolute atomic E-state index is 0.0250. The van der Waals surface area contributed by atoms with Crippen LogP contribution < -0.4 is 4.74 Å². The number of carbonyl (C=O) groups excluding carboxylic acids is 1. The second-order valence-corrected chi connectivity index (χ2v) is 4.31. The van der Waals surface area contributed by atoms with Gasteiger partial charge in [0.2, 0.25) is 0 Å². The third-order valence-corrected chi connectivity index (χ3v) is 2.55. The number of carbonyl (C=O) groups is 3. The molecule has 0 heterocycles. The number of carboxylic acid groups (broad SMARTS) is 2. The van der Waals surface area contributed by atoms with Crippen LogP contribution in [0.2, 0.25) is 5.02 Å². The van der Waals surface area contributed by atoms with Crippen LogP contribution in [0.25, 0.3) is 0 Å². The minimum Gasteiger partial charge on any atom is -0.482 e. The minimum atomic E-state index is -1.36. The summed E-state index contributed by atoms with van der Waals surface area (Å²) >= 11 is 5.68. The molecule has 1 aromatic carbocycles. The highest BCUT2D eigenvalue weighted by Crippen LogP contribution is 2.24. The van der Waals surface area contributed by atoms with Gasteiger partial charge >= 0.3 is 11.9 Å². The van der Waals surface area contributed by atoms with Crippen LogP contribution >= 0.6 is 11.6 Å². The fourth-order valence-corrected chi connectivity index (χ4v) is 1.60. The molecule has 21 heavy (non-hydrogen) atoms. The van der Waals surface area contributed by atoms with E-state index in [-0.39, 0.29) is 10.8 Å². The first-order valence-corrected chi connectivity index (χ1v) is 5.96. The highest BCUT2D eigenvalue weighted by atomic mass is 35.5. The van der Waals surface area contributed by atoms with Gasteiger partial charge in [0.15, 0.2) is 6.61 Å². The third-order valence-electron chi connectivity index (χ3n) is 2.25. The molecule has 1 aromatic rings. The third kappa shape index (κ3) is 5.65. The summed E-state index contributed by atoms with van der Waals surface area (Å²) in [6.07, 6.45) is 0. The molecule has 1 rings (SSSR count). The molecule has 0 fully saturated rings. The first kappa shape index (κ1) is 16.7. The van der Waals surface area contributed by atoms with Crippen LogP contribution in [0, 0.1) is 5.82 Å². The van der Waals surface area contributed by atoms with Crippen LogP contribution in [0.3, 0.4) is 0 Å². The molecule has 0 saturated heterocycles. The molecule has 7 nitrogen and oxygen atoms in total. The van der Waals surface area contributed by atoms with Crippen molar-refractivity contribution < 1.29 is 33.7 Å². The molecule has 1 amide bonds. The SMILES string of the molecule is O=C(O)CN(CC(=O)O)C(=O)COc1ccc(F)cc1Cl. The average molecular weight is 320 g/mol. The first-order chi connectivity index (χ1) is 9.79. The van der Waals surface area contributed by atoms with Crippen molar-refractivity contribution >= 4 is 29.4 Å². The number of benzene rings is 1. The Morgan fingerprint density at radius 3 is 2.24 bits per heavy atom. The van der Waals surface area contributed by atoms with Gasteiger partial charge in [-0.15, -0.1) is 0 Å². The predicted molar refractivity (Wildman–Crippen MR) is 68.8 cm³/mol. The fraction of sp³-hybridized carbons (Fsp3) is 0.250. The monoisotopic (exact) mass is 319 g/mol. The van der Waals surface area contributed by atoms with Gasteiger partial charge in [-0.1, -0.05) is 11.6 Å². The molecular weight excluding hydrogens is 309 g/mol. The summed E-state index contributed by atoms with van der Waals surface area (Å²) in [6, 6.07) is 3.25. The first-order valence-electron chi connectivity index (χ1n) is 5.59. The zero-order chi connectivity index (χ0) is 16.0. The lowest BCUT2D eigenvalue weighted by atomic mass is 10.3. The van der Waals surface area contributed by atoms with Crippen LogP contribution in [-0.2, 0) is 14.4 Å². The van der Waals surface area contributed by atoms with Gasteiger partial charge in [0.05, 0.1) is 5.02 Å². The Hall–Kier alpha value is -2.35. The molecule has 0 bridgehead atoms. The molecule has 9 heteroatoms. The summed E-state index contributed by atoms with van der Waals surface area (Å²) in [4.78, 5) is 33.5. The molecule has 0 saturated carbocycles. The van der Waals surface area contributed by atoms with Crippen LogP contribution in [-0.4, -0.2) is 52.7 Å². The summed E-state index contributed by atoms with van der Waals surface area (Å²) in [5.41, 5.74) is 0. The summed E-state index contributed by atoms with van der Waals surface area (Å²) in [5, 5.41) is 17.2. The number of aliphatic carboxylic acids is 2. The summed E-state index contributed by atoms with van der Waals surface area (Å²) in [7, 11) is 0. The molecule has 0 spiro atoms. The zero-order valence-electron chi connectivity index (χ0n) is 10.6. The van der Waals surface area contributed by atoms with E-state index < -0.39 is 43.4 Å². The fourth-order valence-electron chi connectivity index (χ4n) is 1.38. The molecule has 0 aliphatic carbocycles. The van der Waals surface area contributed by atoms with Crippen LogP contribution in [0.4, 0.5) is 4.39 Å². The van der Waals surface area contributed by atoms with E-state index in [4.69, 9.17) is 26.6 Å². The molecule has 0 atom stereocenters. The number of hydrogen-bond acceptors (Lipinski definition) is 4. The highest BCUT2D eigenvalue weighted by molar-refractivity contribution is 6.32. The van der Waals surface area contributed by atoms with Crippen molar-refractivity contribution in [1.29, 1.82) is 0 Å². The molecular formula is C12H11ClFNO6. The number of rotatable bonds is 7. The maximum absolute atomic E-state index is 12.8. The van der Waals surface area contributed by atoms with Gasteiger partial charge in [-0.2, -0.15) is 0 Å². The van der Waals surface area contributed by atoms with Gasteiger partial charge in [-0.05, 0) is 18.2 Å². The largest absolute Gasteiger partial charge is 0.482 e. The molecule has 114 valence electrons. The van der Waals surface area contributed by atoms with Crippen molar-refractivity contribution in [2.24, 2.45) is 0 Å². The number of carboxylic acids is 2. The lowest BCUT2D eigenvalue weighted by Crippen LogP contribution is -2.41.